The van der Waals surface area contributed by atoms with Crippen LogP contribution < -0.4 is 15.8 Å². The smallest absolute Gasteiger partial charge is 0.251 e. The molecule has 1 aliphatic rings. The molecule has 1 aromatic carbocycles. The Labute approximate surface area is 109 Å². The van der Waals surface area contributed by atoms with E-state index in [1.165, 1.54) is 0 Å². The summed E-state index contributed by atoms with van der Waals surface area (Å²) in [6.45, 7) is -0.0438. The Bertz CT molecular complexity index is 540. The Morgan fingerprint density at radius 3 is 2.94 bits per heavy atom. The van der Waals surface area contributed by atoms with Crippen molar-refractivity contribution in [3.05, 3.63) is 34.4 Å². The number of hydrogen-bond donors (Lipinski definition) is 2. The summed E-state index contributed by atoms with van der Waals surface area (Å²) in [6.07, 6.45) is 1.68. The van der Waals surface area contributed by atoms with Crippen LogP contribution in [-0.4, -0.2) is 25.0 Å². The molecule has 1 aromatic rings. The summed E-state index contributed by atoms with van der Waals surface area (Å²) in [7, 11) is 0. The van der Waals surface area contributed by atoms with Crippen molar-refractivity contribution in [3.63, 3.8) is 0 Å². The SMILES string of the molecule is NC(=O)CNC(=O)C1=Cc2cc(Cl)ccc2OC1. The second kappa shape index (κ2) is 5.10. The minimum Gasteiger partial charge on any atom is -0.488 e. The van der Waals surface area contributed by atoms with Crippen LogP contribution in [0, 0.1) is 0 Å². The fraction of sp³-hybridized carbons (Fsp3) is 0.167. The molecule has 0 aliphatic carbocycles. The van der Waals surface area contributed by atoms with E-state index in [-0.39, 0.29) is 19.1 Å². The lowest BCUT2D eigenvalue weighted by Gasteiger charge is -2.17. The van der Waals surface area contributed by atoms with Gasteiger partial charge in [0.2, 0.25) is 5.91 Å². The Kier molecular flexibility index (Phi) is 3.53. The standard InChI is InChI=1S/C12H11ClN2O3/c13-9-1-2-10-7(4-9)3-8(6-18-10)12(17)15-5-11(14)16/h1-4H,5-6H2,(H2,14,16)(H,15,17). The molecule has 0 saturated carbocycles. The van der Waals surface area contributed by atoms with Gasteiger partial charge < -0.3 is 15.8 Å². The van der Waals surface area contributed by atoms with E-state index in [0.29, 0.717) is 16.3 Å². The molecule has 94 valence electrons. The van der Waals surface area contributed by atoms with Crippen molar-refractivity contribution >= 4 is 29.5 Å². The number of ether oxygens (including phenoxy) is 1. The van der Waals surface area contributed by atoms with Gasteiger partial charge in [-0.2, -0.15) is 0 Å². The van der Waals surface area contributed by atoms with E-state index in [4.69, 9.17) is 22.1 Å². The molecule has 6 heteroatoms. The fourth-order valence-corrected chi connectivity index (χ4v) is 1.74. The van der Waals surface area contributed by atoms with Crippen molar-refractivity contribution in [2.45, 2.75) is 0 Å². The van der Waals surface area contributed by atoms with E-state index in [9.17, 15) is 9.59 Å². The summed E-state index contributed by atoms with van der Waals surface area (Å²) in [6, 6.07) is 5.16. The van der Waals surface area contributed by atoms with Gasteiger partial charge in [-0.25, -0.2) is 0 Å². The van der Waals surface area contributed by atoms with Crippen molar-refractivity contribution in [2.75, 3.05) is 13.2 Å². The first-order valence-corrected chi connectivity index (χ1v) is 5.63. The molecule has 0 saturated heterocycles. The molecule has 1 aliphatic heterocycles. The highest BCUT2D eigenvalue weighted by Crippen LogP contribution is 2.28. The maximum atomic E-state index is 11.7. The molecule has 0 fully saturated rings. The molecule has 3 N–H and O–H groups in total. The summed E-state index contributed by atoms with van der Waals surface area (Å²) in [5, 5.41) is 2.96. The van der Waals surface area contributed by atoms with Crippen LogP contribution >= 0.6 is 11.6 Å². The number of halogens is 1. The second-order valence-electron chi connectivity index (χ2n) is 3.79. The van der Waals surface area contributed by atoms with Gasteiger partial charge in [-0.05, 0) is 24.3 Å². The summed E-state index contributed by atoms with van der Waals surface area (Å²) in [5.74, 6) is -0.297. The third-order valence-electron chi connectivity index (χ3n) is 2.40. The number of fused-ring (bicyclic) bond motifs is 1. The van der Waals surface area contributed by atoms with Gasteiger partial charge in [0.25, 0.3) is 5.91 Å². The maximum absolute atomic E-state index is 11.7. The third-order valence-corrected chi connectivity index (χ3v) is 2.63. The van der Waals surface area contributed by atoms with Crippen molar-refractivity contribution in [3.8, 4) is 5.75 Å². The average molecular weight is 267 g/mol. The molecule has 1 heterocycles. The van der Waals surface area contributed by atoms with E-state index in [1.54, 1.807) is 24.3 Å². The molecule has 0 bridgehead atoms. The van der Waals surface area contributed by atoms with Crippen LogP contribution in [0.3, 0.4) is 0 Å². The summed E-state index contributed by atoms with van der Waals surface area (Å²) >= 11 is 5.86. The van der Waals surface area contributed by atoms with Crippen LogP contribution in [0.5, 0.6) is 5.75 Å². The van der Waals surface area contributed by atoms with Crippen LogP contribution in [-0.2, 0) is 9.59 Å². The number of amides is 2. The summed E-state index contributed by atoms with van der Waals surface area (Å²) in [4.78, 5) is 22.3. The molecule has 0 unspecified atom stereocenters. The molecular formula is C12H11ClN2O3. The number of carbonyl (C=O) groups is 2. The maximum Gasteiger partial charge on any atom is 0.251 e. The first kappa shape index (κ1) is 12.4. The number of primary amides is 1. The first-order chi connectivity index (χ1) is 8.56. The van der Waals surface area contributed by atoms with Crippen LogP contribution in [0.2, 0.25) is 5.02 Å². The molecular weight excluding hydrogens is 256 g/mol. The molecule has 0 aromatic heterocycles. The van der Waals surface area contributed by atoms with Crippen LogP contribution in [0.1, 0.15) is 5.56 Å². The minimum absolute atomic E-state index is 0.152. The highest BCUT2D eigenvalue weighted by molar-refractivity contribution is 6.30. The van der Waals surface area contributed by atoms with E-state index in [1.807, 2.05) is 0 Å². The lowest BCUT2D eigenvalue weighted by atomic mass is 10.1. The van der Waals surface area contributed by atoms with E-state index < -0.39 is 5.91 Å². The molecule has 2 rings (SSSR count). The van der Waals surface area contributed by atoms with Gasteiger partial charge in [-0.3, -0.25) is 9.59 Å². The van der Waals surface area contributed by atoms with Crippen molar-refractivity contribution in [2.24, 2.45) is 5.73 Å². The first-order valence-electron chi connectivity index (χ1n) is 5.25. The lowest BCUT2D eigenvalue weighted by Crippen LogP contribution is -2.35. The molecule has 5 nitrogen and oxygen atoms in total. The minimum atomic E-state index is -0.593. The van der Waals surface area contributed by atoms with Gasteiger partial charge >= 0.3 is 0 Å². The molecule has 0 spiro atoms. The zero-order chi connectivity index (χ0) is 13.1. The van der Waals surface area contributed by atoms with Crippen LogP contribution in [0.4, 0.5) is 0 Å². The Hall–Kier alpha value is -2.01. The molecule has 2 amide bonds. The molecule has 0 atom stereocenters. The number of nitrogens with two attached hydrogens (primary N) is 1. The zero-order valence-corrected chi connectivity index (χ0v) is 10.2. The summed E-state index contributed by atoms with van der Waals surface area (Å²) < 4.78 is 5.42. The number of rotatable bonds is 3. The van der Waals surface area contributed by atoms with Crippen molar-refractivity contribution < 1.29 is 14.3 Å². The third kappa shape index (κ3) is 2.81. The van der Waals surface area contributed by atoms with Gasteiger partial charge in [0.05, 0.1) is 12.1 Å². The van der Waals surface area contributed by atoms with Gasteiger partial charge in [0.1, 0.15) is 12.4 Å². The number of carbonyl (C=O) groups excluding carboxylic acids is 2. The highest BCUT2D eigenvalue weighted by Gasteiger charge is 2.17. The average Bonchev–Trinajstić information content (AvgIpc) is 2.34. The molecule has 18 heavy (non-hydrogen) atoms. The Balaban J connectivity index is 2.16. The Morgan fingerprint density at radius 1 is 1.44 bits per heavy atom. The largest absolute Gasteiger partial charge is 0.488 e. The lowest BCUT2D eigenvalue weighted by molar-refractivity contribution is -0.122. The predicted molar refractivity (Wildman–Crippen MR) is 67.1 cm³/mol. The summed E-state index contributed by atoms with van der Waals surface area (Å²) in [5.41, 5.74) is 6.10. The predicted octanol–water partition coefficient (Wildman–Crippen LogP) is 0.717. The van der Waals surface area contributed by atoms with Gasteiger partial charge in [0, 0.05) is 10.6 Å². The number of hydrogen-bond acceptors (Lipinski definition) is 3. The van der Waals surface area contributed by atoms with Crippen LogP contribution in [0.15, 0.2) is 23.8 Å². The zero-order valence-electron chi connectivity index (χ0n) is 9.40. The van der Waals surface area contributed by atoms with Gasteiger partial charge in [-0.15, -0.1) is 0 Å². The van der Waals surface area contributed by atoms with Crippen molar-refractivity contribution in [1.82, 2.24) is 5.32 Å². The van der Waals surface area contributed by atoms with Crippen molar-refractivity contribution in [1.29, 1.82) is 0 Å². The van der Waals surface area contributed by atoms with E-state index >= 15 is 0 Å². The van der Waals surface area contributed by atoms with E-state index in [2.05, 4.69) is 5.32 Å². The van der Waals surface area contributed by atoms with Gasteiger partial charge in [0.15, 0.2) is 0 Å². The van der Waals surface area contributed by atoms with Crippen LogP contribution in [0.25, 0.3) is 6.08 Å². The quantitative estimate of drug-likeness (QED) is 0.846. The molecule has 0 radical (unpaired) electrons. The number of nitrogens with one attached hydrogen (secondary N) is 1. The highest BCUT2D eigenvalue weighted by atomic mass is 35.5. The topological polar surface area (TPSA) is 81.4 Å². The normalized spacial score (nSPS) is 13.1. The van der Waals surface area contributed by atoms with Gasteiger partial charge in [-0.1, -0.05) is 11.6 Å². The monoisotopic (exact) mass is 266 g/mol. The fourth-order valence-electron chi connectivity index (χ4n) is 1.56. The van der Waals surface area contributed by atoms with E-state index in [0.717, 1.165) is 5.56 Å². The second-order valence-corrected chi connectivity index (χ2v) is 4.23. The number of benzene rings is 1. The Morgan fingerprint density at radius 2 is 2.22 bits per heavy atom.